The Kier molecular flexibility index (Phi) is 5.92. The zero-order valence-electron chi connectivity index (χ0n) is 14.2. The lowest BCUT2D eigenvalue weighted by molar-refractivity contribution is 0.102. The van der Waals surface area contributed by atoms with Gasteiger partial charge in [-0.2, -0.15) is 0 Å². The molecule has 0 spiro atoms. The Morgan fingerprint density at radius 3 is 2.54 bits per heavy atom. The number of methoxy groups -OCH3 is 1. The maximum atomic E-state index is 12.4. The lowest BCUT2D eigenvalue weighted by atomic mass is 10.2. The van der Waals surface area contributed by atoms with Crippen LogP contribution in [0, 0.1) is 0 Å². The third kappa shape index (κ3) is 4.64. The van der Waals surface area contributed by atoms with Crippen molar-refractivity contribution in [2.75, 3.05) is 12.4 Å². The van der Waals surface area contributed by atoms with Gasteiger partial charge in [0.25, 0.3) is 5.91 Å². The highest BCUT2D eigenvalue weighted by molar-refractivity contribution is 9.10. The third-order valence-electron chi connectivity index (χ3n) is 3.75. The zero-order valence-corrected chi connectivity index (χ0v) is 15.8. The number of ether oxygens (including phenoxy) is 2. The molecule has 0 aliphatic heterocycles. The topological polar surface area (TPSA) is 47.6 Å². The molecular formula is C21H18BrNO3. The number of benzene rings is 3. The number of nitrogens with one attached hydrogen (secondary N) is 1. The maximum absolute atomic E-state index is 12.4. The average Bonchev–Trinajstić information content (AvgIpc) is 2.67. The summed E-state index contributed by atoms with van der Waals surface area (Å²) >= 11 is 3.39. The van der Waals surface area contributed by atoms with Gasteiger partial charge in [0, 0.05) is 17.3 Å². The van der Waals surface area contributed by atoms with Crippen molar-refractivity contribution in [1.82, 2.24) is 0 Å². The molecule has 0 fully saturated rings. The van der Waals surface area contributed by atoms with Crippen molar-refractivity contribution in [2.45, 2.75) is 6.61 Å². The number of halogens is 1. The fourth-order valence-electron chi connectivity index (χ4n) is 2.42. The molecular weight excluding hydrogens is 394 g/mol. The van der Waals surface area contributed by atoms with Gasteiger partial charge in [0.05, 0.1) is 11.6 Å². The van der Waals surface area contributed by atoms with Crippen molar-refractivity contribution in [3.63, 3.8) is 0 Å². The first-order valence-electron chi connectivity index (χ1n) is 8.07. The van der Waals surface area contributed by atoms with Crippen molar-refractivity contribution in [3.05, 3.63) is 88.4 Å². The van der Waals surface area contributed by atoms with Gasteiger partial charge in [0.15, 0.2) is 0 Å². The Morgan fingerprint density at radius 2 is 1.81 bits per heavy atom. The quantitative estimate of drug-likeness (QED) is 0.599. The van der Waals surface area contributed by atoms with Crippen LogP contribution < -0.4 is 14.8 Å². The molecule has 0 saturated heterocycles. The van der Waals surface area contributed by atoms with E-state index in [9.17, 15) is 4.79 Å². The predicted molar refractivity (Wildman–Crippen MR) is 106 cm³/mol. The van der Waals surface area contributed by atoms with Crippen LogP contribution in [0.2, 0.25) is 0 Å². The van der Waals surface area contributed by atoms with Crippen LogP contribution in [-0.2, 0) is 6.61 Å². The zero-order chi connectivity index (χ0) is 18.4. The summed E-state index contributed by atoms with van der Waals surface area (Å²) in [5, 5.41) is 2.88. The van der Waals surface area contributed by atoms with Gasteiger partial charge >= 0.3 is 0 Å². The Labute approximate surface area is 160 Å². The van der Waals surface area contributed by atoms with Crippen molar-refractivity contribution >= 4 is 27.5 Å². The maximum Gasteiger partial charge on any atom is 0.255 e. The third-order valence-corrected chi connectivity index (χ3v) is 4.37. The molecule has 1 N–H and O–H groups in total. The molecule has 0 unspecified atom stereocenters. The SMILES string of the molecule is COc1ccc(C(=O)Nc2cccc(OCc3ccccc3)c2)cc1Br. The highest BCUT2D eigenvalue weighted by atomic mass is 79.9. The van der Waals surface area contributed by atoms with Crippen LogP contribution in [-0.4, -0.2) is 13.0 Å². The lowest BCUT2D eigenvalue weighted by Crippen LogP contribution is -2.12. The summed E-state index contributed by atoms with van der Waals surface area (Å²) in [4.78, 5) is 12.4. The molecule has 1 amide bonds. The van der Waals surface area contributed by atoms with E-state index in [4.69, 9.17) is 9.47 Å². The largest absolute Gasteiger partial charge is 0.496 e. The normalized spacial score (nSPS) is 10.2. The summed E-state index contributed by atoms with van der Waals surface area (Å²) in [5.41, 5.74) is 2.30. The first-order valence-corrected chi connectivity index (χ1v) is 8.86. The molecule has 26 heavy (non-hydrogen) atoms. The van der Waals surface area contributed by atoms with Crippen LogP contribution in [0.1, 0.15) is 15.9 Å². The second-order valence-corrected chi connectivity index (χ2v) is 6.46. The molecule has 132 valence electrons. The molecule has 0 radical (unpaired) electrons. The summed E-state index contributed by atoms with van der Waals surface area (Å²) in [6, 6.07) is 22.5. The number of carbonyl (C=O) groups excluding carboxylic acids is 1. The van der Waals surface area contributed by atoms with Gasteiger partial charge in [0.2, 0.25) is 0 Å². The molecule has 0 heterocycles. The minimum atomic E-state index is -0.200. The molecule has 3 rings (SSSR count). The van der Waals surface area contributed by atoms with Gasteiger partial charge in [0.1, 0.15) is 18.1 Å². The first kappa shape index (κ1) is 18.0. The van der Waals surface area contributed by atoms with E-state index in [1.54, 1.807) is 31.4 Å². The average molecular weight is 412 g/mol. The molecule has 0 atom stereocenters. The summed E-state index contributed by atoms with van der Waals surface area (Å²) in [7, 11) is 1.58. The van der Waals surface area contributed by atoms with E-state index in [1.807, 2.05) is 48.5 Å². The van der Waals surface area contributed by atoms with Crippen molar-refractivity contribution in [1.29, 1.82) is 0 Å². The number of hydrogen-bond acceptors (Lipinski definition) is 3. The monoisotopic (exact) mass is 411 g/mol. The molecule has 0 bridgehead atoms. The highest BCUT2D eigenvalue weighted by Crippen LogP contribution is 2.26. The number of hydrogen-bond donors (Lipinski definition) is 1. The van der Waals surface area contributed by atoms with Crippen LogP contribution in [0.4, 0.5) is 5.69 Å². The molecule has 3 aromatic carbocycles. The minimum absolute atomic E-state index is 0.200. The van der Waals surface area contributed by atoms with E-state index >= 15 is 0 Å². The molecule has 4 nitrogen and oxygen atoms in total. The van der Waals surface area contributed by atoms with Gasteiger partial charge < -0.3 is 14.8 Å². The van der Waals surface area contributed by atoms with Gasteiger partial charge in [-0.3, -0.25) is 4.79 Å². The second-order valence-electron chi connectivity index (χ2n) is 5.61. The van der Waals surface area contributed by atoms with Gasteiger partial charge in [-0.05, 0) is 51.8 Å². The number of amides is 1. The van der Waals surface area contributed by atoms with Crippen molar-refractivity contribution < 1.29 is 14.3 Å². The number of rotatable bonds is 6. The molecule has 0 aromatic heterocycles. The summed E-state index contributed by atoms with van der Waals surface area (Å²) in [6.07, 6.45) is 0. The highest BCUT2D eigenvalue weighted by Gasteiger charge is 2.10. The Morgan fingerprint density at radius 1 is 1.00 bits per heavy atom. The van der Waals surface area contributed by atoms with Crippen LogP contribution >= 0.6 is 15.9 Å². The Hall–Kier alpha value is -2.79. The summed E-state index contributed by atoms with van der Waals surface area (Å²) < 4.78 is 11.7. The first-order chi connectivity index (χ1) is 12.7. The van der Waals surface area contributed by atoms with Crippen LogP contribution in [0.5, 0.6) is 11.5 Å². The molecule has 0 aliphatic carbocycles. The summed E-state index contributed by atoms with van der Waals surface area (Å²) in [5.74, 6) is 1.17. The number of anilines is 1. The van der Waals surface area contributed by atoms with E-state index < -0.39 is 0 Å². The fraction of sp³-hybridized carbons (Fsp3) is 0.0952. The van der Waals surface area contributed by atoms with Gasteiger partial charge in [-0.1, -0.05) is 36.4 Å². The van der Waals surface area contributed by atoms with Crippen LogP contribution in [0.3, 0.4) is 0 Å². The smallest absolute Gasteiger partial charge is 0.255 e. The van der Waals surface area contributed by atoms with Gasteiger partial charge in [-0.25, -0.2) is 0 Å². The van der Waals surface area contributed by atoms with E-state index in [-0.39, 0.29) is 5.91 Å². The second kappa shape index (κ2) is 8.54. The molecule has 0 saturated carbocycles. The fourth-order valence-corrected chi connectivity index (χ4v) is 2.96. The minimum Gasteiger partial charge on any atom is -0.496 e. The van der Waals surface area contributed by atoms with E-state index in [0.717, 1.165) is 10.0 Å². The molecule has 0 aliphatic rings. The van der Waals surface area contributed by atoms with Crippen molar-refractivity contribution in [3.8, 4) is 11.5 Å². The molecule has 3 aromatic rings. The van der Waals surface area contributed by atoms with E-state index in [1.165, 1.54) is 0 Å². The van der Waals surface area contributed by atoms with Gasteiger partial charge in [-0.15, -0.1) is 0 Å². The standard InChI is InChI=1S/C21H18BrNO3/c1-25-20-11-10-16(12-19(20)22)21(24)23-17-8-5-9-18(13-17)26-14-15-6-3-2-4-7-15/h2-13H,14H2,1H3,(H,23,24). The molecule has 5 heteroatoms. The lowest BCUT2D eigenvalue weighted by Gasteiger charge is -2.10. The van der Waals surface area contributed by atoms with E-state index in [2.05, 4.69) is 21.2 Å². The van der Waals surface area contributed by atoms with Crippen molar-refractivity contribution in [2.24, 2.45) is 0 Å². The van der Waals surface area contributed by atoms with Crippen LogP contribution in [0.25, 0.3) is 0 Å². The predicted octanol–water partition coefficient (Wildman–Crippen LogP) is 5.29. The van der Waals surface area contributed by atoms with E-state index in [0.29, 0.717) is 29.4 Å². The number of carbonyl (C=O) groups is 1. The Bertz CT molecular complexity index is 897. The van der Waals surface area contributed by atoms with Crippen LogP contribution in [0.15, 0.2) is 77.3 Å². The Balaban J connectivity index is 1.66. The summed E-state index contributed by atoms with van der Waals surface area (Å²) in [6.45, 7) is 0.476.